The normalized spacial score (nSPS) is 10.4. The van der Waals surface area contributed by atoms with Gasteiger partial charge in [0.05, 0.1) is 37.1 Å². The van der Waals surface area contributed by atoms with Gasteiger partial charge in [0, 0.05) is 7.11 Å². The molecule has 0 spiro atoms. The van der Waals surface area contributed by atoms with Crippen LogP contribution in [0, 0.1) is 0 Å². The molecule has 2 aromatic rings. The van der Waals surface area contributed by atoms with Gasteiger partial charge in [0.1, 0.15) is 0 Å². The van der Waals surface area contributed by atoms with Crippen molar-refractivity contribution < 1.29 is 4.74 Å². The highest BCUT2D eigenvalue weighted by atomic mass is 16.5. The molecule has 0 bridgehead atoms. The summed E-state index contributed by atoms with van der Waals surface area (Å²) >= 11 is 0. The van der Waals surface area contributed by atoms with E-state index < -0.39 is 0 Å². The zero-order valence-corrected chi connectivity index (χ0v) is 7.66. The highest BCUT2D eigenvalue weighted by Gasteiger charge is 1.99. The van der Waals surface area contributed by atoms with E-state index in [1.807, 2.05) is 0 Å². The van der Waals surface area contributed by atoms with Crippen molar-refractivity contribution in [2.24, 2.45) is 0 Å². The maximum Gasteiger partial charge on any atom is 0.192 e. The van der Waals surface area contributed by atoms with Gasteiger partial charge in [-0.15, -0.1) is 4.80 Å². The van der Waals surface area contributed by atoms with Gasteiger partial charge >= 0.3 is 0 Å². The number of ether oxygens (including phenoxy) is 1. The summed E-state index contributed by atoms with van der Waals surface area (Å²) in [7, 11) is 1.62. The number of methoxy groups -OCH3 is 1. The lowest BCUT2D eigenvalue weighted by Crippen LogP contribution is -2.03. The Hall–Kier alpha value is -1.82. The predicted molar refractivity (Wildman–Crippen MR) is 47.7 cm³/mol. The molecule has 0 aliphatic rings. The first-order valence-electron chi connectivity index (χ1n) is 4.06. The van der Waals surface area contributed by atoms with E-state index >= 15 is 0 Å². The Morgan fingerprint density at radius 2 is 2.00 bits per heavy atom. The Morgan fingerprint density at radius 1 is 1.21 bits per heavy atom. The molecular formula is C8H9N5O. The van der Waals surface area contributed by atoms with Crippen molar-refractivity contribution in [3.63, 3.8) is 0 Å². The molecule has 2 rings (SSSR count). The highest BCUT2D eigenvalue weighted by Crippen LogP contribution is 1.99. The predicted octanol–water partition coefficient (Wildman–Crippen LogP) is 0.204. The van der Waals surface area contributed by atoms with Crippen LogP contribution in [0.1, 0.15) is 5.69 Å². The van der Waals surface area contributed by atoms with Gasteiger partial charge in [-0.3, -0.25) is 4.98 Å². The fourth-order valence-electron chi connectivity index (χ4n) is 1.01. The van der Waals surface area contributed by atoms with Gasteiger partial charge in [-0.1, -0.05) is 0 Å². The third kappa shape index (κ3) is 1.74. The first-order chi connectivity index (χ1) is 6.90. The van der Waals surface area contributed by atoms with Gasteiger partial charge in [-0.2, -0.15) is 10.2 Å². The maximum atomic E-state index is 4.92. The molecule has 0 radical (unpaired) electrons. The van der Waals surface area contributed by atoms with E-state index in [-0.39, 0.29) is 0 Å². The van der Waals surface area contributed by atoms with Crippen LogP contribution in [0.25, 0.3) is 5.82 Å². The minimum atomic E-state index is 0.458. The molecule has 0 fully saturated rings. The monoisotopic (exact) mass is 191 g/mol. The summed E-state index contributed by atoms with van der Waals surface area (Å²) in [4.78, 5) is 9.68. The van der Waals surface area contributed by atoms with Crippen LogP contribution in [0.5, 0.6) is 0 Å². The third-order valence-electron chi connectivity index (χ3n) is 1.61. The summed E-state index contributed by atoms with van der Waals surface area (Å²) < 4.78 is 4.92. The van der Waals surface area contributed by atoms with Crippen molar-refractivity contribution in [1.29, 1.82) is 0 Å². The molecular weight excluding hydrogens is 182 g/mol. The summed E-state index contributed by atoms with van der Waals surface area (Å²) in [5.41, 5.74) is 0.781. The van der Waals surface area contributed by atoms with E-state index in [1.54, 1.807) is 31.9 Å². The molecule has 6 heteroatoms. The largest absolute Gasteiger partial charge is 0.378 e. The molecule has 72 valence electrons. The Morgan fingerprint density at radius 3 is 2.57 bits per heavy atom. The van der Waals surface area contributed by atoms with Crippen LogP contribution in [-0.2, 0) is 11.3 Å². The topological polar surface area (TPSA) is 65.7 Å². The number of nitrogens with zero attached hydrogens (tertiary/aromatic N) is 5. The van der Waals surface area contributed by atoms with Crippen LogP contribution in [0.15, 0.2) is 24.8 Å². The molecule has 0 unspecified atom stereocenters. The zero-order chi connectivity index (χ0) is 9.80. The SMILES string of the molecule is COCc1cnc(-n2nccn2)cn1. The third-order valence-corrected chi connectivity index (χ3v) is 1.61. The first kappa shape index (κ1) is 8.76. The average Bonchev–Trinajstić information content (AvgIpc) is 2.72. The van der Waals surface area contributed by atoms with Crippen LogP contribution in [0.4, 0.5) is 0 Å². The Kier molecular flexibility index (Phi) is 2.46. The molecule has 0 saturated heterocycles. The number of hydrogen-bond donors (Lipinski definition) is 0. The number of rotatable bonds is 3. The molecule has 0 aromatic carbocycles. The molecule has 0 atom stereocenters. The zero-order valence-electron chi connectivity index (χ0n) is 7.66. The van der Waals surface area contributed by atoms with E-state index in [1.165, 1.54) is 4.80 Å². The van der Waals surface area contributed by atoms with E-state index in [4.69, 9.17) is 4.74 Å². The van der Waals surface area contributed by atoms with Gasteiger partial charge in [-0.05, 0) is 0 Å². The molecule has 2 aromatic heterocycles. The number of hydrogen-bond acceptors (Lipinski definition) is 5. The molecule has 0 aliphatic carbocycles. The van der Waals surface area contributed by atoms with E-state index in [2.05, 4.69) is 20.2 Å². The highest BCUT2D eigenvalue weighted by molar-refractivity contribution is 5.14. The summed E-state index contributed by atoms with van der Waals surface area (Å²) in [5, 5.41) is 7.87. The first-order valence-corrected chi connectivity index (χ1v) is 4.06. The fourth-order valence-corrected chi connectivity index (χ4v) is 1.01. The summed E-state index contributed by atoms with van der Waals surface area (Å²) in [6, 6.07) is 0. The molecule has 0 amide bonds. The molecule has 0 aliphatic heterocycles. The van der Waals surface area contributed by atoms with E-state index in [0.717, 1.165) is 5.69 Å². The maximum absolute atomic E-state index is 4.92. The summed E-state index contributed by atoms with van der Waals surface area (Å²) in [5.74, 6) is 0.592. The quantitative estimate of drug-likeness (QED) is 0.693. The van der Waals surface area contributed by atoms with Gasteiger partial charge < -0.3 is 4.74 Å². The lowest BCUT2D eigenvalue weighted by atomic mass is 10.5. The van der Waals surface area contributed by atoms with Crippen molar-refractivity contribution in [2.45, 2.75) is 6.61 Å². The van der Waals surface area contributed by atoms with Crippen LogP contribution >= 0.6 is 0 Å². The minimum Gasteiger partial charge on any atom is -0.378 e. The van der Waals surface area contributed by atoms with E-state index in [0.29, 0.717) is 12.4 Å². The fraction of sp³-hybridized carbons (Fsp3) is 0.250. The van der Waals surface area contributed by atoms with Gasteiger partial charge in [-0.25, -0.2) is 4.98 Å². The van der Waals surface area contributed by atoms with Crippen molar-refractivity contribution in [3.05, 3.63) is 30.5 Å². The van der Waals surface area contributed by atoms with E-state index in [9.17, 15) is 0 Å². The van der Waals surface area contributed by atoms with Gasteiger partial charge in [0.25, 0.3) is 0 Å². The standard InChI is InChI=1S/C8H9N5O/c1-14-6-7-4-10-8(5-9-7)13-11-2-3-12-13/h2-5H,6H2,1H3. The van der Waals surface area contributed by atoms with Crippen molar-refractivity contribution in [2.75, 3.05) is 7.11 Å². The number of aromatic nitrogens is 5. The van der Waals surface area contributed by atoms with Crippen molar-refractivity contribution in [1.82, 2.24) is 25.0 Å². The second kappa shape index (κ2) is 3.93. The Labute approximate surface area is 80.6 Å². The Bertz CT molecular complexity index is 383. The second-order valence-electron chi connectivity index (χ2n) is 2.62. The second-order valence-corrected chi connectivity index (χ2v) is 2.62. The van der Waals surface area contributed by atoms with Gasteiger partial charge in [0.15, 0.2) is 5.82 Å². The molecule has 14 heavy (non-hydrogen) atoms. The minimum absolute atomic E-state index is 0.458. The summed E-state index contributed by atoms with van der Waals surface area (Å²) in [6.45, 7) is 0.458. The Balaban J connectivity index is 2.22. The van der Waals surface area contributed by atoms with Crippen LogP contribution in [0.2, 0.25) is 0 Å². The molecule has 0 N–H and O–H groups in total. The van der Waals surface area contributed by atoms with Gasteiger partial charge in [0.2, 0.25) is 0 Å². The molecule has 6 nitrogen and oxygen atoms in total. The van der Waals surface area contributed by atoms with Crippen LogP contribution in [0.3, 0.4) is 0 Å². The van der Waals surface area contributed by atoms with Crippen LogP contribution in [-0.4, -0.2) is 32.1 Å². The lowest BCUT2D eigenvalue weighted by molar-refractivity contribution is 0.181. The summed E-state index contributed by atoms with van der Waals surface area (Å²) in [6.07, 6.45) is 6.42. The molecule has 2 heterocycles. The smallest absolute Gasteiger partial charge is 0.192 e. The van der Waals surface area contributed by atoms with Crippen LogP contribution < -0.4 is 0 Å². The van der Waals surface area contributed by atoms with Crippen molar-refractivity contribution in [3.8, 4) is 5.82 Å². The molecule has 0 saturated carbocycles. The lowest BCUT2D eigenvalue weighted by Gasteiger charge is -1.99. The average molecular weight is 191 g/mol. The van der Waals surface area contributed by atoms with Crippen molar-refractivity contribution >= 4 is 0 Å².